The van der Waals surface area contributed by atoms with Gasteiger partial charge in [-0.25, -0.2) is 0 Å². The maximum Gasteiger partial charge on any atom is 0.181 e. The first kappa shape index (κ1) is 17.5. The van der Waals surface area contributed by atoms with E-state index in [1.165, 1.54) is 6.07 Å². The molecule has 0 unspecified atom stereocenters. The molecule has 4 nitrogen and oxygen atoms in total. The second kappa shape index (κ2) is 7.76. The number of ether oxygens (including phenoxy) is 2. The van der Waals surface area contributed by atoms with Crippen LogP contribution in [0.2, 0.25) is 0 Å². The average Bonchev–Trinajstić information content (AvgIpc) is 2.73. The highest BCUT2D eigenvalue weighted by atomic mass is 16.5. The van der Waals surface area contributed by atoms with Crippen LogP contribution in [0.3, 0.4) is 0 Å². The second-order valence-corrected chi connectivity index (χ2v) is 6.13. The summed E-state index contributed by atoms with van der Waals surface area (Å²) in [5.74, 6) is 1.97. The van der Waals surface area contributed by atoms with Crippen LogP contribution in [0.15, 0.2) is 97.1 Å². The van der Waals surface area contributed by atoms with Crippen molar-refractivity contribution in [3.63, 3.8) is 0 Å². The predicted octanol–water partition coefficient (Wildman–Crippen LogP) is 6.35. The Hall–Kier alpha value is -3.92. The number of phenolic OH excluding ortho intramolecular Hbond substituents is 2. The van der Waals surface area contributed by atoms with Crippen LogP contribution in [0.25, 0.3) is 11.1 Å². The molecule has 0 aliphatic carbocycles. The predicted molar refractivity (Wildman–Crippen MR) is 108 cm³/mol. The van der Waals surface area contributed by atoms with Gasteiger partial charge in [0.15, 0.2) is 11.5 Å². The van der Waals surface area contributed by atoms with Crippen LogP contribution in [0.4, 0.5) is 0 Å². The van der Waals surface area contributed by atoms with Crippen LogP contribution < -0.4 is 9.47 Å². The third kappa shape index (κ3) is 3.62. The van der Waals surface area contributed by atoms with Crippen LogP contribution in [-0.2, 0) is 0 Å². The maximum atomic E-state index is 10.6. The molecular weight excluding hydrogens is 352 g/mol. The summed E-state index contributed by atoms with van der Waals surface area (Å²) in [4.78, 5) is 0. The normalized spacial score (nSPS) is 10.4. The summed E-state index contributed by atoms with van der Waals surface area (Å²) < 4.78 is 12.1. The van der Waals surface area contributed by atoms with E-state index < -0.39 is 0 Å². The van der Waals surface area contributed by atoms with E-state index in [0.717, 1.165) is 0 Å². The van der Waals surface area contributed by atoms with Gasteiger partial charge in [-0.1, -0.05) is 54.6 Å². The zero-order valence-corrected chi connectivity index (χ0v) is 14.9. The molecule has 0 atom stereocenters. The van der Waals surface area contributed by atoms with Gasteiger partial charge in [0.25, 0.3) is 0 Å². The lowest BCUT2D eigenvalue weighted by atomic mass is 10.0. The molecule has 0 bridgehead atoms. The number of aromatic hydroxyl groups is 2. The van der Waals surface area contributed by atoms with Gasteiger partial charge in [-0.05, 0) is 42.5 Å². The lowest BCUT2D eigenvalue weighted by Crippen LogP contribution is -1.94. The molecular formula is C24H18O4. The SMILES string of the molecule is Oc1ccccc1-c1c(O)ccc(Oc2ccccc2)c1Oc1ccccc1. The molecule has 0 aromatic heterocycles. The van der Waals surface area contributed by atoms with Crippen molar-refractivity contribution >= 4 is 0 Å². The fourth-order valence-corrected chi connectivity index (χ4v) is 2.90. The highest BCUT2D eigenvalue weighted by Gasteiger charge is 2.21. The van der Waals surface area contributed by atoms with Crippen LogP contribution >= 0.6 is 0 Å². The van der Waals surface area contributed by atoms with E-state index in [1.54, 1.807) is 30.3 Å². The van der Waals surface area contributed by atoms with Crippen molar-refractivity contribution in [1.29, 1.82) is 0 Å². The average molecular weight is 370 g/mol. The molecule has 4 aromatic rings. The summed E-state index contributed by atoms with van der Waals surface area (Å²) >= 11 is 0. The molecule has 4 heteroatoms. The van der Waals surface area contributed by atoms with E-state index in [2.05, 4.69) is 0 Å². The quantitative estimate of drug-likeness (QED) is 0.430. The van der Waals surface area contributed by atoms with Gasteiger partial charge >= 0.3 is 0 Å². The summed E-state index contributed by atoms with van der Waals surface area (Å²) in [5, 5.41) is 20.9. The van der Waals surface area contributed by atoms with Crippen molar-refractivity contribution < 1.29 is 19.7 Å². The minimum Gasteiger partial charge on any atom is -0.507 e. The smallest absolute Gasteiger partial charge is 0.181 e. The second-order valence-electron chi connectivity index (χ2n) is 6.13. The standard InChI is InChI=1S/C24H18O4/c25-20-14-8-7-13-19(20)23-21(26)15-16-22(27-17-9-3-1-4-10-17)24(23)28-18-11-5-2-6-12-18/h1-16,25-26H. The molecule has 0 spiro atoms. The van der Waals surface area contributed by atoms with Crippen LogP contribution in [0.1, 0.15) is 0 Å². The highest BCUT2D eigenvalue weighted by molar-refractivity contribution is 5.83. The van der Waals surface area contributed by atoms with E-state index in [4.69, 9.17) is 9.47 Å². The van der Waals surface area contributed by atoms with Crippen LogP contribution in [-0.4, -0.2) is 10.2 Å². The zero-order chi connectivity index (χ0) is 19.3. The third-order valence-electron chi connectivity index (χ3n) is 4.21. The van der Waals surface area contributed by atoms with Gasteiger partial charge in [0, 0.05) is 5.56 Å². The summed E-state index contributed by atoms with van der Waals surface area (Å²) in [7, 11) is 0. The highest BCUT2D eigenvalue weighted by Crippen LogP contribution is 2.49. The Morgan fingerprint density at radius 1 is 0.500 bits per heavy atom. The van der Waals surface area contributed by atoms with Crippen molar-refractivity contribution in [1.82, 2.24) is 0 Å². The van der Waals surface area contributed by atoms with Gasteiger partial charge in [0.05, 0.1) is 5.56 Å². The topological polar surface area (TPSA) is 58.9 Å². The van der Waals surface area contributed by atoms with Gasteiger partial charge in [-0.2, -0.15) is 0 Å². The Labute approximate surface area is 162 Å². The summed E-state index contributed by atoms with van der Waals surface area (Å²) in [6.07, 6.45) is 0. The van der Waals surface area contributed by atoms with E-state index in [0.29, 0.717) is 34.1 Å². The van der Waals surface area contributed by atoms with E-state index >= 15 is 0 Å². The maximum absolute atomic E-state index is 10.6. The Morgan fingerprint density at radius 3 is 1.71 bits per heavy atom. The van der Waals surface area contributed by atoms with Crippen molar-refractivity contribution in [2.75, 3.05) is 0 Å². The Morgan fingerprint density at radius 2 is 1.07 bits per heavy atom. The van der Waals surface area contributed by atoms with Crippen molar-refractivity contribution in [2.24, 2.45) is 0 Å². The van der Waals surface area contributed by atoms with Gasteiger partial charge < -0.3 is 19.7 Å². The number of phenols is 2. The Balaban J connectivity index is 1.89. The molecule has 0 radical (unpaired) electrons. The monoisotopic (exact) mass is 370 g/mol. The zero-order valence-electron chi connectivity index (χ0n) is 14.9. The van der Waals surface area contributed by atoms with Gasteiger partial charge in [-0.15, -0.1) is 0 Å². The molecule has 4 aromatic carbocycles. The van der Waals surface area contributed by atoms with Crippen molar-refractivity contribution in [3.05, 3.63) is 97.1 Å². The first-order valence-electron chi connectivity index (χ1n) is 8.82. The first-order chi connectivity index (χ1) is 13.7. The number of rotatable bonds is 5. The molecule has 138 valence electrons. The summed E-state index contributed by atoms with van der Waals surface area (Å²) in [6.45, 7) is 0. The minimum absolute atomic E-state index is 0.0205. The summed E-state index contributed by atoms with van der Waals surface area (Å²) in [6, 6.07) is 28.5. The molecule has 28 heavy (non-hydrogen) atoms. The number of hydrogen-bond acceptors (Lipinski definition) is 4. The van der Waals surface area contributed by atoms with Gasteiger partial charge in [0.1, 0.15) is 23.0 Å². The van der Waals surface area contributed by atoms with Crippen molar-refractivity contribution in [2.45, 2.75) is 0 Å². The largest absolute Gasteiger partial charge is 0.507 e. The molecule has 0 saturated carbocycles. The van der Waals surface area contributed by atoms with Gasteiger partial charge in [0.2, 0.25) is 0 Å². The fourth-order valence-electron chi connectivity index (χ4n) is 2.90. The minimum atomic E-state index is -0.0205. The van der Waals surface area contributed by atoms with Gasteiger partial charge in [-0.3, -0.25) is 0 Å². The van der Waals surface area contributed by atoms with E-state index in [1.807, 2.05) is 60.7 Å². The summed E-state index contributed by atoms with van der Waals surface area (Å²) in [5.41, 5.74) is 0.805. The molecule has 0 fully saturated rings. The van der Waals surface area contributed by atoms with Crippen LogP contribution in [0.5, 0.6) is 34.5 Å². The Kier molecular flexibility index (Phi) is 4.85. The van der Waals surface area contributed by atoms with Crippen LogP contribution in [0, 0.1) is 0 Å². The molecule has 0 amide bonds. The lowest BCUT2D eigenvalue weighted by Gasteiger charge is -2.18. The fraction of sp³-hybridized carbons (Fsp3) is 0. The van der Waals surface area contributed by atoms with Crippen molar-refractivity contribution in [3.8, 4) is 45.6 Å². The van der Waals surface area contributed by atoms with E-state index in [-0.39, 0.29) is 11.5 Å². The lowest BCUT2D eigenvalue weighted by molar-refractivity contribution is 0.412. The first-order valence-corrected chi connectivity index (χ1v) is 8.82. The number of para-hydroxylation sites is 3. The third-order valence-corrected chi connectivity index (χ3v) is 4.21. The van der Waals surface area contributed by atoms with E-state index in [9.17, 15) is 10.2 Å². The molecule has 0 aliphatic rings. The Bertz CT molecular complexity index is 1080. The molecule has 2 N–H and O–H groups in total. The molecule has 4 rings (SSSR count). The molecule has 0 saturated heterocycles. The number of hydrogen-bond donors (Lipinski definition) is 2. The molecule has 0 heterocycles. The molecule has 0 aliphatic heterocycles. The number of benzene rings is 4.